The van der Waals surface area contributed by atoms with Crippen molar-refractivity contribution < 1.29 is 13.0 Å². The minimum atomic E-state index is -3.97. The molecule has 0 aliphatic carbocycles. The Morgan fingerprint density at radius 1 is 1.29 bits per heavy atom. The maximum absolute atomic E-state index is 11.1. The summed E-state index contributed by atoms with van der Waals surface area (Å²) in [5, 5.41) is -0.735. The van der Waals surface area contributed by atoms with Crippen LogP contribution in [0.15, 0.2) is 0 Å². The zero-order valence-electron chi connectivity index (χ0n) is 9.32. The summed E-state index contributed by atoms with van der Waals surface area (Å²) in [6.07, 6.45) is 1.00. The van der Waals surface area contributed by atoms with Crippen LogP contribution in [0.2, 0.25) is 0 Å². The Hall–Kier alpha value is -0.130. The van der Waals surface area contributed by atoms with E-state index < -0.39 is 20.8 Å². The predicted octanol–water partition coefficient (Wildman–Crippen LogP) is 1.42. The Morgan fingerprint density at radius 2 is 1.71 bits per heavy atom. The van der Waals surface area contributed by atoms with Gasteiger partial charge in [-0.15, -0.1) is 0 Å². The van der Waals surface area contributed by atoms with Crippen LogP contribution in [0, 0.1) is 5.41 Å². The molecule has 2 atom stereocenters. The van der Waals surface area contributed by atoms with E-state index in [0.29, 0.717) is 12.8 Å². The highest BCUT2D eigenvalue weighted by Crippen LogP contribution is 2.28. The number of nitrogens with two attached hydrogens (primary N) is 1. The molecule has 0 rings (SSSR count). The lowest BCUT2D eigenvalue weighted by Crippen LogP contribution is -2.35. The molecular weight excluding hydrogens is 202 g/mol. The van der Waals surface area contributed by atoms with Gasteiger partial charge in [0, 0.05) is 6.04 Å². The monoisotopic (exact) mass is 223 g/mol. The van der Waals surface area contributed by atoms with E-state index in [1.807, 2.05) is 6.92 Å². The van der Waals surface area contributed by atoms with Gasteiger partial charge in [0.25, 0.3) is 10.1 Å². The maximum Gasteiger partial charge on any atom is 0.268 e. The van der Waals surface area contributed by atoms with Crippen molar-refractivity contribution in [3.8, 4) is 0 Å². The lowest BCUT2D eigenvalue weighted by molar-refractivity contribution is 0.330. The summed E-state index contributed by atoms with van der Waals surface area (Å²) in [5.41, 5.74) is 5.09. The van der Waals surface area contributed by atoms with Gasteiger partial charge in [0.2, 0.25) is 0 Å². The van der Waals surface area contributed by atoms with Gasteiger partial charge in [-0.05, 0) is 25.2 Å². The molecule has 2 unspecified atom stereocenters. The van der Waals surface area contributed by atoms with Crippen molar-refractivity contribution in [1.29, 1.82) is 0 Å². The third-order valence-corrected chi connectivity index (χ3v) is 3.87. The molecule has 0 heterocycles. The Bertz CT molecular complexity index is 264. The molecule has 0 aromatic rings. The first kappa shape index (κ1) is 13.9. The van der Waals surface area contributed by atoms with Crippen molar-refractivity contribution in [3.05, 3.63) is 0 Å². The highest BCUT2D eigenvalue weighted by molar-refractivity contribution is 7.86. The second-order valence-corrected chi connectivity index (χ2v) is 6.52. The molecular formula is C9H21NO3S. The first-order valence-corrected chi connectivity index (χ1v) is 6.27. The molecule has 86 valence electrons. The van der Waals surface area contributed by atoms with Crippen molar-refractivity contribution in [2.24, 2.45) is 11.1 Å². The van der Waals surface area contributed by atoms with Crippen LogP contribution in [0.1, 0.15) is 40.5 Å². The largest absolute Gasteiger partial charge is 0.328 e. The smallest absolute Gasteiger partial charge is 0.268 e. The average molecular weight is 223 g/mol. The second-order valence-electron chi connectivity index (χ2n) is 4.92. The lowest BCUT2D eigenvalue weighted by atomic mass is 9.88. The van der Waals surface area contributed by atoms with Crippen LogP contribution >= 0.6 is 0 Å². The van der Waals surface area contributed by atoms with Gasteiger partial charge in [0.1, 0.15) is 0 Å². The van der Waals surface area contributed by atoms with Crippen LogP contribution < -0.4 is 5.73 Å². The van der Waals surface area contributed by atoms with Crippen LogP contribution in [-0.2, 0) is 10.1 Å². The Balaban J connectivity index is 4.61. The average Bonchev–Trinajstić information content (AvgIpc) is 1.78. The third-order valence-electron chi connectivity index (χ3n) is 2.21. The quantitative estimate of drug-likeness (QED) is 0.706. The van der Waals surface area contributed by atoms with Gasteiger partial charge in [0.15, 0.2) is 0 Å². The zero-order chi connectivity index (χ0) is 11.6. The summed E-state index contributed by atoms with van der Waals surface area (Å²) < 4.78 is 31.3. The molecule has 3 N–H and O–H groups in total. The molecule has 0 saturated heterocycles. The predicted molar refractivity (Wildman–Crippen MR) is 57.7 cm³/mol. The Labute approximate surface area is 86.6 Å². The van der Waals surface area contributed by atoms with Gasteiger partial charge in [-0.1, -0.05) is 20.8 Å². The zero-order valence-corrected chi connectivity index (χ0v) is 10.1. The van der Waals surface area contributed by atoms with E-state index in [1.54, 1.807) is 20.8 Å². The van der Waals surface area contributed by atoms with Crippen LogP contribution in [0.3, 0.4) is 0 Å². The second kappa shape index (κ2) is 4.59. The highest BCUT2D eigenvalue weighted by atomic mass is 32.2. The van der Waals surface area contributed by atoms with Crippen molar-refractivity contribution in [1.82, 2.24) is 0 Å². The van der Waals surface area contributed by atoms with Crippen LogP contribution in [0.4, 0.5) is 0 Å². The van der Waals surface area contributed by atoms with E-state index >= 15 is 0 Å². The van der Waals surface area contributed by atoms with Gasteiger partial charge in [-0.2, -0.15) is 8.42 Å². The standard InChI is InChI=1S/C9H21NO3S/c1-7(10)5-6-8(9(2,3)4)14(11,12)13/h7-8H,5-6,10H2,1-4H3,(H,11,12,13). The van der Waals surface area contributed by atoms with Gasteiger partial charge in [-0.3, -0.25) is 4.55 Å². The van der Waals surface area contributed by atoms with Crippen LogP contribution in [-0.4, -0.2) is 24.3 Å². The number of hydrogen-bond donors (Lipinski definition) is 2. The first-order chi connectivity index (χ1) is 6.05. The highest BCUT2D eigenvalue weighted by Gasteiger charge is 2.34. The summed E-state index contributed by atoms with van der Waals surface area (Å²) in [7, 11) is -3.97. The summed E-state index contributed by atoms with van der Waals surface area (Å²) >= 11 is 0. The molecule has 0 aromatic carbocycles. The molecule has 4 nitrogen and oxygen atoms in total. The van der Waals surface area contributed by atoms with E-state index in [-0.39, 0.29) is 6.04 Å². The molecule has 0 aromatic heterocycles. The fraction of sp³-hybridized carbons (Fsp3) is 1.00. The molecule has 0 aliphatic heterocycles. The molecule has 14 heavy (non-hydrogen) atoms. The topological polar surface area (TPSA) is 80.4 Å². The van der Waals surface area contributed by atoms with Gasteiger partial charge >= 0.3 is 0 Å². The molecule has 0 aliphatic rings. The van der Waals surface area contributed by atoms with Gasteiger partial charge < -0.3 is 5.73 Å². The molecule has 0 saturated carbocycles. The Morgan fingerprint density at radius 3 is 1.93 bits per heavy atom. The number of rotatable bonds is 4. The fourth-order valence-electron chi connectivity index (χ4n) is 1.44. The van der Waals surface area contributed by atoms with E-state index in [9.17, 15) is 8.42 Å². The van der Waals surface area contributed by atoms with Gasteiger partial charge in [0.05, 0.1) is 5.25 Å². The SMILES string of the molecule is CC(N)CCC(C(C)(C)C)S(=O)(=O)O. The van der Waals surface area contributed by atoms with E-state index in [0.717, 1.165) is 0 Å². The minimum absolute atomic E-state index is 0.0402. The lowest BCUT2D eigenvalue weighted by Gasteiger charge is -2.28. The molecule has 0 amide bonds. The molecule has 5 heteroatoms. The van der Waals surface area contributed by atoms with Crippen molar-refractivity contribution >= 4 is 10.1 Å². The van der Waals surface area contributed by atoms with Crippen LogP contribution in [0.5, 0.6) is 0 Å². The molecule has 0 fully saturated rings. The van der Waals surface area contributed by atoms with E-state index in [2.05, 4.69) is 0 Å². The van der Waals surface area contributed by atoms with Crippen LogP contribution in [0.25, 0.3) is 0 Å². The minimum Gasteiger partial charge on any atom is -0.328 e. The van der Waals surface area contributed by atoms with E-state index in [1.165, 1.54) is 0 Å². The van der Waals surface area contributed by atoms with Crippen molar-refractivity contribution in [2.45, 2.75) is 51.8 Å². The van der Waals surface area contributed by atoms with E-state index in [4.69, 9.17) is 10.3 Å². The summed E-state index contributed by atoms with van der Waals surface area (Å²) in [4.78, 5) is 0. The number of hydrogen-bond acceptors (Lipinski definition) is 3. The molecule has 0 radical (unpaired) electrons. The van der Waals surface area contributed by atoms with Crippen molar-refractivity contribution in [2.75, 3.05) is 0 Å². The van der Waals surface area contributed by atoms with Gasteiger partial charge in [-0.25, -0.2) is 0 Å². The molecule has 0 spiro atoms. The summed E-state index contributed by atoms with van der Waals surface area (Å²) in [5.74, 6) is 0. The first-order valence-electron chi connectivity index (χ1n) is 4.77. The van der Waals surface area contributed by atoms with Crippen molar-refractivity contribution in [3.63, 3.8) is 0 Å². The Kier molecular flexibility index (Phi) is 4.55. The molecule has 0 bridgehead atoms. The normalized spacial score (nSPS) is 17.9. The summed E-state index contributed by atoms with van der Waals surface area (Å²) in [6, 6.07) is -0.0402. The maximum atomic E-state index is 11.1. The third kappa shape index (κ3) is 4.93. The summed E-state index contributed by atoms with van der Waals surface area (Å²) in [6.45, 7) is 7.22. The fourth-order valence-corrected chi connectivity index (χ4v) is 2.77.